The molecular weight excluding hydrogens is 338 g/mol. The maximum absolute atomic E-state index is 12.1. The van der Waals surface area contributed by atoms with Crippen LogP contribution in [0.5, 0.6) is 0 Å². The molecule has 0 saturated carbocycles. The first kappa shape index (κ1) is 15.0. The minimum Gasteiger partial charge on any atom is -0.334 e. The Labute approximate surface area is 139 Å². The van der Waals surface area contributed by atoms with E-state index in [1.165, 1.54) is 28.3 Å². The van der Waals surface area contributed by atoms with Crippen molar-refractivity contribution in [2.75, 3.05) is 6.54 Å². The molecule has 2 aromatic rings. The highest BCUT2D eigenvalue weighted by Crippen LogP contribution is 2.36. The zero-order chi connectivity index (χ0) is 15.7. The fourth-order valence-corrected chi connectivity index (χ4v) is 3.54. The molecule has 3 heteroatoms. The van der Waals surface area contributed by atoms with Crippen molar-refractivity contribution < 1.29 is 4.79 Å². The molecule has 1 atom stereocenters. The van der Waals surface area contributed by atoms with Crippen molar-refractivity contribution in [2.45, 2.75) is 19.4 Å². The second-order valence-electron chi connectivity index (χ2n) is 5.68. The second kappa shape index (κ2) is 6.09. The van der Waals surface area contributed by atoms with E-state index in [0.29, 0.717) is 13.1 Å². The van der Waals surface area contributed by atoms with Gasteiger partial charge in [0.05, 0.1) is 0 Å². The van der Waals surface area contributed by atoms with Crippen LogP contribution in [0.4, 0.5) is 0 Å². The first-order valence-corrected chi connectivity index (χ1v) is 8.14. The van der Waals surface area contributed by atoms with Crippen molar-refractivity contribution in [3.8, 4) is 0 Å². The maximum Gasteiger partial charge on any atom is 0.246 e. The third-order valence-corrected chi connectivity index (χ3v) is 4.79. The van der Waals surface area contributed by atoms with E-state index in [4.69, 9.17) is 0 Å². The lowest BCUT2D eigenvalue weighted by molar-refractivity contribution is -0.127. The van der Waals surface area contributed by atoms with Gasteiger partial charge in [-0.15, -0.1) is 0 Å². The van der Waals surface area contributed by atoms with Gasteiger partial charge in [-0.3, -0.25) is 4.79 Å². The van der Waals surface area contributed by atoms with E-state index in [2.05, 4.69) is 65.8 Å². The molecule has 0 N–H and O–H groups in total. The fourth-order valence-electron chi connectivity index (χ4n) is 3.16. The number of hydrogen-bond acceptors (Lipinski definition) is 1. The Balaban J connectivity index is 2.11. The number of rotatable bonds is 2. The Morgan fingerprint density at radius 3 is 2.77 bits per heavy atom. The molecule has 0 aromatic heterocycles. The van der Waals surface area contributed by atoms with Gasteiger partial charge in [0.25, 0.3) is 0 Å². The Hall–Kier alpha value is -1.87. The molecule has 0 aliphatic carbocycles. The van der Waals surface area contributed by atoms with Crippen LogP contribution in [-0.4, -0.2) is 17.4 Å². The summed E-state index contributed by atoms with van der Waals surface area (Å²) in [6.07, 6.45) is 1.40. The van der Waals surface area contributed by atoms with Gasteiger partial charge in [0.1, 0.15) is 0 Å². The predicted molar refractivity (Wildman–Crippen MR) is 92.8 cm³/mol. The zero-order valence-electron chi connectivity index (χ0n) is 12.6. The molecule has 1 aliphatic rings. The van der Waals surface area contributed by atoms with Gasteiger partial charge in [-0.2, -0.15) is 0 Å². The molecule has 2 nitrogen and oxygen atoms in total. The Morgan fingerprint density at radius 1 is 1.27 bits per heavy atom. The first-order valence-electron chi connectivity index (χ1n) is 7.35. The largest absolute Gasteiger partial charge is 0.334 e. The number of nitrogens with zero attached hydrogens (tertiary/aromatic N) is 1. The summed E-state index contributed by atoms with van der Waals surface area (Å²) in [4.78, 5) is 14.0. The van der Waals surface area contributed by atoms with Crippen molar-refractivity contribution in [1.29, 1.82) is 0 Å². The van der Waals surface area contributed by atoms with Gasteiger partial charge in [0.15, 0.2) is 0 Å². The van der Waals surface area contributed by atoms with Crippen molar-refractivity contribution in [1.82, 2.24) is 4.90 Å². The maximum atomic E-state index is 12.1. The Bertz CT molecular complexity index is 738. The average Bonchev–Trinajstić information content (AvgIpc) is 2.54. The standard InChI is InChI=1S/C19H18BrNO/c1-3-19(22)21-11-14-8-9-15(20)10-17(14)18(12-21)16-7-5-4-6-13(16)2/h3-10,18H,1,11-12H2,2H3/t18-/m1/s1. The highest BCUT2D eigenvalue weighted by molar-refractivity contribution is 9.10. The number of benzene rings is 2. The van der Waals surface area contributed by atoms with E-state index >= 15 is 0 Å². The van der Waals surface area contributed by atoms with E-state index in [9.17, 15) is 4.79 Å². The van der Waals surface area contributed by atoms with E-state index in [1.807, 2.05) is 11.0 Å². The summed E-state index contributed by atoms with van der Waals surface area (Å²) < 4.78 is 1.08. The molecule has 0 unspecified atom stereocenters. The SMILES string of the molecule is C=CC(=O)N1Cc2ccc(Br)cc2[C@@H](c2ccccc2C)C1. The molecule has 1 aliphatic heterocycles. The van der Waals surface area contributed by atoms with Crippen molar-refractivity contribution in [3.05, 3.63) is 81.8 Å². The molecule has 0 saturated heterocycles. The predicted octanol–water partition coefficient (Wildman–Crippen LogP) is 4.42. The van der Waals surface area contributed by atoms with Crippen LogP contribution in [-0.2, 0) is 11.3 Å². The number of carbonyl (C=O) groups is 1. The first-order chi connectivity index (χ1) is 10.6. The molecule has 22 heavy (non-hydrogen) atoms. The summed E-state index contributed by atoms with van der Waals surface area (Å²) in [5.41, 5.74) is 5.05. The second-order valence-corrected chi connectivity index (χ2v) is 6.59. The lowest BCUT2D eigenvalue weighted by atomic mass is 9.83. The van der Waals surface area contributed by atoms with E-state index < -0.39 is 0 Å². The van der Waals surface area contributed by atoms with Crippen LogP contribution in [0.15, 0.2) is 59.6 Å². The summed E-state index contributed by atoms with van der Waals surface area (Å²) in [5.74, 6) is 0.193. The van der Waals surface area contributed by atoms with Gasteiger partial charge in [-0.25, -0.2) is 0 Å². The molecule has 112 valence electrons. The van der Waals surface area contributed by atoms with Crippen LogP contribution in [0.1, 0.15) is 28.2 Å². The van der Waals surface area contributed by atoms with Crippen molar-refractivity contribution >= 4 is 21.8 Å². The number of amides is 1. The number of hydrogen-bond donors (Lipinski definition) is 0. The Kier molecular flexibility index (Phi) is 4.16. The lowest BCUT2D eigenvalue weighted by Crippen LogP contribution is -2.37. The minimum atomic E-state index is -0.00727. The summed E-state index contributed by atoms with van der Waals surface area (Å²) in [6.45, 7) is 7.09. The van der Waals surface area contributed by atoms with Crippen LogP contribution >= 0.6 is 15.9 Å². The number of halogens is 1. The van der Waals surface area contributed by atoms with Crippen LogP contribution in [0.2, 0.25) is 0 Å². The van der Waals surface area contributed by atoms with E-state index in [-0.39, 0.29) is 11.8 Å². The van der Waals surface area contributed by atoms with E-state index in [0.717, 1.165) is 4.47 Å². The average molecular weight is 356 g/mol. The van der Waals surface area contributed by atoms with Gasteiger partial charge in [0, 0.05) is 23.5 Å². The van der Waals surface area contributed by atoms with Crippen LogP contribution < -0.4 is 0 Å². The monoisotopic (exact) mass is 355 g/mol. The fraction of sp³-hybridized carbons (Fsp3) is 0.211. The normalized spacial score (nSPS) is 17.0. The zero-order valence-corrected chi connectivity index (χ0v) is 14.1. The quantitative estimate of drug-likeness (QED) is 0.730. The Morgan fingerprint density at radius 2 is 2.05 bits per heavy atom. The molecule has 0 spiro atoms. The molecule has 2 aromatic carbocycles. The summed E-state index contributed by atoms with van der Waals surface area (Å²) in [6, 6.07) is 14.7. The van der Waals surface area contributed by atoms with Gasteiger partial charge >= 0.3 is 0 Å². The minimum absolute atomic E-state index is 0.00727. The van der Waals surface area contributed by atoms with Crippen LogP contribution in [0.3, 0.4) is 0 Å². The van der Waals surface area contributed by atoms with Gasteiger partial charge in [-0.1, -0.05) is 52.8 Å². The smallest absolute Gasteiger partial charge is 0.246 e. The van der Waals surface area contributed by atoms with Crippen molar-refractivity contribution in [2.24, 2.45) is 0 Å². The van der Waals surface area contributed by atoms with E-state index in [1.54, 1.807) is 0 Å². The third-order valence-electron chi connectivity index (χ3n) is 4.30. The summed E-state index contributed by atoms with van der Waals surface area (Å²) >= 11 is 3.57. The number of fused-ring (bicyclic) bond motifs is 1. The molecule has 0 bridgehead atoms. The highest BCUT2D eigenvalue weighted by Gasteiger charge is 2.29. The summed E-state index contributed by atoms with van der Waals surface area (Å²) in [5, 5.41) is 0. The third kappa shape index (κ3) is 2.73. The van der Waals surface area contributed by atoms with Crippen LogP contribution in [0.25, 0.3) is 0 Å². The molecule has 1 heterocycles. The lowest BCUT2D eigenvalue weighted by Gasteiger charge is -2.35. The van der Waals surface area contributed by atoms with Gasteiger partial charge in [-0.05, 0) is 47.4 Å². The summed E-state index contributed by atoms with van der Waals surface area (Å²) in [7, 11) is 0. The van der Waals surface area contributed by atoms with Crippen LogP contribution in [0, 0.1) is 6.92 Å². The van der Waals surface area contributed by atoms with Gasteiger partial charge in [0.2, 0.25) is 5.91 Å². The molecule has 3 rings (SSSR count). The van der Waals surface area contributed by atoms with Gasteiger partial charge < -0.3 is 4.90 Å². The molecular formula is C19H18BrNO. The topological polar surface area (TPSA) is 20.3 Å². The molecule has 1 amide bonds. The highest BCUT2D eigenvalue weighted by atomic mass is 79.9. The molecule has 0 fully saturated rings. The molecule has 0 radical (unpaired) electrons. The number of carbonyl (C=O) groups excluding carboxylic acids is 1. The van der Waals surface area contributed by atoms with Crippen molar-refractivity contribution in [3.63, 3.8) is 0 Å². The number of aryl methyl sites for hydroxylation is 1.